The van der Waals surface area contributed by atoms with Gasteiger partial charge in [-0.05, 0) is 13.3 Å². The van der Waals surface area contributed by atoms with Crippen molar-refractivity contribution >= 4 is 28.7 Å². The van der Waals surface area contributed by atoms with E-state index in [2.05, 4.69) is 35.7 Å². The molecule has 0 aromatic carbocycles. The summed E-state index contributed by atoms with van der Waals surface area (Å²) in [5.41, 5.74) is 0.299. The van der Waals surface area contributed by atoms with Gasteiger partial charge in [0, 0.05) is 27.2 Å². The minimum atomic E-state index is -0.393. The van der Waals surface area contributed by atoms with E-state index >= 15 is 0 Å². The second kappa shape index (κ2) is 4.87. The minimum Gasteiger partial charge on any atom is -0.359 e. The van der Waals surface area contributed by atoms with E-state index in [4.69, 9.17) is 0 Å². The van der Waals surface area contributed by atoms with E-state index in [1.807, 2.05) is 6.92 Å². The number of nitrogens with one attached hydrogen (secondary N) is 3. The Morgan fingerprint density at radius 3 is 2.95 bits per heavy atom. The molecule has 1 atom stereocenters. The maximum atomic E-state index is 12.0. The number of hydrogen-bond acceptors (Lipinski definition) is 6. The maximum absolute atomic E-state index is 12.0. The molecule has 8 heteroatoms. The molecule has 1 unspecified atom stereocenters. The first-order chi connectivity index (χ1) is 10.1. The van der Waals surface area contributed by atoms with Gasteiger partial charge >= 0.3 is 0 Å². The summed E-state index contributed by atoms with van der Waals surface area (Å²) in [4.78, 5) is 23.0. The molecule has 1 aliphatic rings. The Hall–Kier alpha value is -2.38. The van der Waals surface area contributed by atoms with Gasteiger partial charge in [-0.2, -0.15) is 15.1 Å². The molecule has 21 heavy (non-hydrogen) atoms. The highest BCUT2D eigenvalue weighted by atomic mass is 16.2. The van der Waals surface area contributed by atoms with Crippen LogP contribution in [0.5, 0.6) is 0 Å². The number of carbonyl (C=O) groups is 1. The van der Waals surface area contributed by atoms with Gasteiger partial charge in [0.1, 0.15) is 5.82 Å². The van der Waals surface area contributed by atoms with Crippen molar-refractivity contribution in [2.45, 2.75) is 13.3 Å². The van der Waals surface area contributed by atoms with Crippen LogP contribution < -0.4 is 15.5 Å². The number of fused-ring (bicyclic) bond motifs is 1. The summed E-state index contributed by atoms with van der Waals surface area (Å²) in [7, 11) is 3.45. The van der Waals surface area contributed by atoms with Crippen LogP contribution >= 0.6 is 0 Å². The monoisotopic (exact) mass is 289 g/mol. The van der Waals surface area contributed by atoms with E-state index in [0.717, 1.165) is 24.2 Å². The lowest BCUT2D eigenvalue weighted by molar-refractivity contribution is -0.128. The number of rotatable bonds is 3. The summed E-state index contributed by atoms with van der Waals surface area (Å²) in [5, 5.41) is 13.5. The molecule has 3 heterocycles. The Balaban J connectivity index is 1.98. The van der Waals surface area contributed by atoms with Crippen LogP contribution in [0, 0.1) is 5.41 Å². The first-order valence-corrected chi connectivity index (χ1v) is 6.93. The molecule has 0 bridgehead atoms. The molecule has 2 aromatic heterocycles. The van der Waals surface area contributed by atoms with Crippen LogP contribution in [-0.2, 0) is 4.79 Å². The average Bonchev–Trinajstić information content (AvgIpc) is 3.12. The van der Waals surface area contributed by atoms with E-state index in [1.165, 1.54) is 0 Å². The van der Waals surface area contributed by atoms with Gasteiger partial charge < -0.3 is 15.5 Å². The molecule has 1 aliphatic heterocycles. The van der Waals surface area contributed by atoms with E-state index < -0.39 is 5.41 Å². The van der Waals surface area contributed by atoms with Crippen LogP contribution in [0.1, 0.15) is 13.3 Å². The van der Waals surface area contributed by atoms with E-state index in [0.29, 0.717) is 18.1 Å². The first kappa shape index (κ1) is 13.6. The zero-order chi connectivity index (χ0) is 15.0. The zero-order valence-corrected chi connectivity index (χ0v) is 12.4. The number of anilines is 2. The molecule has 8 nitrogen and oxygen atoms in total. The molecule has 0 spiro atoms. The van der Waals surface area contributed by atoms with Crippen molar-refractivity contribution in [1.82, 2.24) is 25.5 Å². The lowest BCUT2D eigenvalue weighted by Gasteiger charge is -2.23. The van der Waals surface area contributed by atoms with Gasteiger partial charge in [0.25, 0.3) is 0 Å². The Kier molecular flexibility index (Phi) is 3.15. The molecule has 112 valence electrons. The molecule has 0 radical (unpaired) electrons. The quantitative estimate of drug-likeness (QED) is 0.754. The topological polar surface area (TPSA) is 98.8 Å². The molecule has 0 saturated carbocycles. The number of H-pyrrole nitrogens is 1. The zero-order valence-electron chi connectivity index (χ0n) is 12.4. The van der Waals surface area contributed by atoms with Gasteiger partial charge in [-0.25, -0.2) is 0 Å². The van der Waals surface area contributed by atoms with Crippen molar-refractivity contribution < 1.29 is 4.79 Å². The molecule has 1 amide bonds. The Labute approximate surface area is 122 Å². The Morgan fingerprint density at radius 2 is 2.24 bits per heavy atom. The van der Waals surface area contributed by atoms with Gasteiger partial charge in [-0.1, -0.05) is 0 Å². The van der Waals surface area contributed by atoms with Gasteiger partial charge in [0.15, 0.2) is 5.65 Å². The van der Waals surface area contributed by atoms with Crippen molar-refractivity contribution in [1.29, 1.82) is 0 Å². The summed E-state index contributed by atoms with van der Waals surface area (Å²) in [5.74, 6) is 1.41. The largest absolute Gasteiger partial charge is 0.359 e. The van der Waals surface area contributed by atoms with Crippen molar-refractivity contribution in [2.75, 3.05) is 37.4 Å². The maximum Gasteiger partial charge on any atom is 0.227 e. The SMILES string of the molecule is CNC(=O)C1(C)CCN(c2nc(NC)nc3[nH]ncc23)C1. The highest BCUT2D eigenvalue weighted by molar-refractivity contribution is 5.89. The highest BCUT2D eigenvalue weighted by Crippen LogP contribution is 2.35. The van der Waals surface area contributed by atoms with Crippen LogP contribution in [0.4, 0.5) is 11.8 Å². The van der Waals surface area contributed by atoms with Crippen LogP contribution in [-0.4, -0.2) is 53.3 Å². The van der Waals surface area contributed by atoms with E-state index in [9.17, 15) is 4.79 Å². The fourth-order valence-electron chi connectivity index (χ4n) is 2.80. The lowest BCUT2D eigenvalue weighted by Crippen LogP contribution is -2.39. The van der Waals surface area contributed by atoms with Gasteiger partial charge in [0.2, 0.25) is 11.9 Å². The molecule has 0 aliphatic carbocycles. The standard InChI is InChI=1S/C13H19N7O/c1-13(11(21)14-2)4-5-20(7-13)10-8-6-16-19-9(8)17-12(15-3)18-10/h6H,4-5,7H2,1-3H3,(H,14,21)(H2,15,16,17,18,19). The molecule has 3 rings (SSSR count). The fraction of sp³-hybridized carbons (Fsp3) is 0.538. The third-order valence-corrected chi connectivity index (χ3v) is 4.06. The molecular weight excluding hydrogens is 270 g/mol. The van der Waals surface area contributed by atoms with Crippen LogP contribution in [0.3, 0.4) is 0 Å². The number of amides is 1. The van der Waals surface area contributed by atoms with E-state index in [-0.39, 0.29) is 5.91 Å². The van der Waals surface area contributed by atoms with Gasteiger partial charge in [-0.3, -0.25) is 9.89 Å². The summed E-state index contributed by atoms with van der Waals surface area (Å²) in [6, 6.07) is 0. The second-order valence-electron chi connectivity index (χ2n) is 5.56. The summed E-state index contributed by atoms with van der Waals surface area (Å²) >= 11 is 0. The predicted octanol–water partition coefficient (Wildman–Crippen LogP) is 0.357. The number of hydrogen-bond donors (Lipinski definition) is 3. The van der Waals surface area contributed by atoms with Crippen molar-refractivity contribution in [3.05, 3.63) is 6.20 Å². The number of carbonyl (C=O) groups excluding carboxylic acids is 1. The summed E-state index contributed by atoms with van der Waals surface area (Å²) < 4.78 is 0. The van der Waals surface area contributed by atoms with Crippen molar-refractivity contribution in [3.8, 4) is 0 Å². The highest BCUT2D eigenvalue weighted by Gasteiger charge is 2.40. The van der Waals surface area contributed by atoms with E-state index in [1.54, 1.807) is 20.3 Å². The van der Waals surface area contributed by atoms with Crippen molar-refractivity contribution in [3.63, 3.8) is 0 Å². The number of aromatic nitrogens is 4. The minimum absolute atomic E-state index is 0.0660. The molecule has 2 aromatic rings. The van der Waals surface area contributed by atoms with Crippen LogP contribution in [0.15, 0.2) is 6.20 Å². The van der Waals surface area contributed by atoms with Gasteiger partial charge in [0.05, 0.1) is 17.0 Å². The molecule has 1 fully saturated rings. The molecule has 1 saturated heterocycles. The van der Waals surface area contributed by atoms with Crippen LogP contribution in [0.25, 0.3) is 11.0 Å². The van der Waals surface area contributed by atoms with Gasteiger partial charge in [-0.15, -0.1) is 0 Å². The second-order valence-corrected chi connectivity index (χ2v) is 5.56. The normalized spacial score (nSPS) is 21.8. The smallest absolute Gasteiger partial charge is 0.227 e. The molecule has 3 N–H and O–H groups in total. The first-order valence-electron chi connectivity index (χ1n) is 6.93. The molecular formula is C13H19N7O. The van der Waals surface area contributed by atoms with Crippen LogP contribution in [0.2, 0.25) is 0 Å². The fourth-order valence-corrected chi connectivity index (χ4v) is 2.80. The number of aromatic amines is 1. The predicted molar refractivity (Wildman–Crippen MR) is 80.2 cm³/mol. The number of nitrogens with zero attached hydrogens (tertiary/aromatic N) is 4. The Bertz CT molecular complexity index is 682. The third kappa shape index (κ3) is 2.16. The van der Waals surface area contributed by atoms with Crippen molar-refractivity contribution in [2.24, 2.45) is 5.41 Å². The average molecular weight is 289 g/mol. The third-order valence-electron chi connectivity index (χ3n) is 4.06. The summed E-state index contributed by atoms with van der Waals surface area (Å²) in [6.45, 7) is 3.40. The lowest BCUT2D eigenvalue weighted by atomic mass is 9.89. The Morgan fingerprint density at radius 1 is 1.43 bits per heavy atom. The summed E-state index contributed by atoms with van der Waals surface area (Å²) in [6.07, 6.45) is 2.52.